The van der Waals surface area contributed by atoms with Crippen LogP contribution in [0.5, 0.6) is 0 Å². The lowest BCUT2D eigenvalue weighted by atomic mass is 9.88. The molecule has 1 fully saturated rings. The molecule has 1 heterocycles. The summed E-state index contributed by atoms with van der Waals surface area (Å²) in [5.74, 6) is 0.694. The summed E-state index contributed by atoms with van der Waals surface area (Å²) >= 11 is 9.43. The molecule has 0 bridgehead atoms. The van der Waals surface area contributed by atoms with E-state index in [1.807, 2.05) is 11.0 Å². The summed E-state index contributed by atoms with van der Waals surface area (Å²) in [7, 11) is 0. The molecule has 1 aromatic carbocycles. The Labute approximate surface area is 133 Å². The van der Waals surface area contributed by atoms with Crippen LogP contribution in [-0.4, -0.2) is 29.9 Å². The molecule has 0 saturated carbocycles. The lowest BCUT2D eigenvalue weighted by Crippen LogP contribution is -2.49. The normalized spacial score (nSPS) is 22.9. The van der Waals surface area contributed by atoms with Crippen molar-refractivity contribution in [1.29, 1.82) is 0 Å². The first-order valence-corrected chi connectivity index (χ1v) is 8.20. The molecule has 0 spiro atoms. The molecule has 1 aliphatic rings. The molecule has 3 nitrogen and oxygen atoms in total. The van der Waals surface area contributed by atoms with Crippen LogP contribution < -0.4 is 5.73 Å². The third-order valence-electron chi connectivity index (χ3n) is 4.09. The summed E-state index contributed by atoms with van der Waals surface area (Å²) in [4.78, 5) is 14.6. The number of rotatable bonds is 3. The van der Waals surface area contributed by atoms with Crippen LogP contribution in [0.4, 0.5) is 0 Å². The van der Waals surface area contributed by atoms with Crippen molar-refractivity contribution >= 4 is 33.4 Å². The van der Waals surface area contributed by atoms with E-state index in [4.69, 9.17) is 17.3 Å². The first-order chi connectivity index (χ1) is 9.56. The number of carbonyl (C=O) groups excluding carboxylic acids is 1. The molecular formula is C15H20BrClN2O. The number of hydrogen-bond donors (Lipinski definition) is 1. The van der Waals surface area contributed by atoms with Crippen molar-refractivity contribution in [2.45, 2.75) is 32.2 Å². The van der Waals surface area contributed by atoms with E-state index in [0.29, 0.717) is 23.0 Å². The first-order valence-electron chi connectivity index (χ1n) is 7.02. The Kier molecular flexibility index (Phi) is 5.47. The van der Waals surface area contributed by atoms with Crippen LogP contribution >= 0.6 is 27.5 Å². The zero-order valence-corrected chi connectivity index (χ0v) is 14.0. The van der Waals surface area contributed by atoms with Gasteiger partial charge in [0, 0.05) is 28.6 Å². The molecule has 0 radical (unpaired) electrons. The Hall–Kier alpha value is -0.580. The first kappa shape index (κ1) is 15.8. The number of nitrogens with zero attached hydrogens (tertiary/aromatic N) is 1. The van der Waals surface area contributed by atoms with Gasteiger partial charge in [-0.2, -0.15) is 0 Å². The fourth-order valence-electron chi connectivity index (χ4n) is 2.81. The maximum atomic E-state index is 12.7. The van der Waals surface area contributed by atoms with E-state index in [1.54, 1.807) is 12.1 Å². The van der Waals surface area contributed by atoms with E-state index in [9.17, 15) is 4.79 Å². The number of piperidine rings is 1. The third-order valence-corrected chi connectivity index (χ3v) is 5.02. The van der Waals surface area contributed by atoms with Crippen molar-refractivity contribution < 1.29 is 4.79 Å². The molecule has 0 aromatic heterocycles. The van der Waals surface area contributed by atoms with Gasteiger partial charge < -0.3 is 10.6 Å². The molecule has 1 saturated heterocycles. The van der Waals surface area contributed by atoms with Crippen LogP contribution in [0, 0.1) is 5.92 Å². The molecule has 110 valence electrons. The van der Waals surface area contributed by atoms with E-state index in [-0.39, 0.29) is 11.9 Å². The van der Waals surface area contributed by atoms with Gasteiger partial charge >= 0.3 is 0 Å². The van der Waals surface area contributed by atoms with Gasteiger partial charge in [0.25, 0.3) is 5.91 Å². The number of halogens is 2. The highest BCUT2D eigenvalue weighted by Crippen LogP contribution is 2.29. The lowest BCUT2D eigenvalue weighted by Gasteiger charge is -2.39. The number of amides is 1. The summed E-state index contributed by atoms with van der Waals surface area (Å²) in [6, 6.07) is 5.43. The number of carbonyl (C=O) groups is 1. The van der Waals surface area contributed by atoms with Crippen molar-refractivity contribution in [1.82, 2.24) is 4.90 Å². The van der Waals surface area contributed by atoms with E-state index in [2.05, 4.69) is 22.9 Å². The summed E-state index contributed by atoms with van der Waals surface area (Å²) < 4.78 is 0.778. The monoisotopic (exact) mass is 358 g/mol. The minimum atomic E-state index is 0.0179. The van der Waals surface area contributed by atoms with Gasteiger partial charge in [0.15, 0.2) is 0 Å². The predicted octanol–water partition coefficient (Wildman–Crippen LogP) is 3.69. The molecule has 1 aliphatic heterocycles. The molecular weight excluding hydrogens is 340 g/mol. The fraction of sp³-hybridized carbons (Fsp3) is 0.533. The summed E-state index contributed by atoms with van der Waals surface area (Å²) in [6.07, 6.45) is 3.20. The van der Waals surface area contributed by atoms with E-state index in [0.717, 1.165) is 30.3 Å². The van der Waals surface area contributed by atoms with Crippen molar-refractivity contribution in [2.24, 2.45) is 11.7 Å². The second kappa shape index (κ2) is 6.92. The largest absolute Gasteiger partial charge is 0.334 e. The zero-order chi connectivity index (χ0) is 14.7. The molecule has 2 N–H and O–H groups in total. The molecule has 5 heteroatoms. The average molecular weight is 360 g/mol. The zero-order valence-electron chi connectivity index (χ0n) is 11.6. The van der Waals surface area contributed by atoms with Crippen LogP contribution in [0.3, 0.4) is 0 Å². The minimum absolute atomic E-state index is 0.0179. The van der Waals surface area contributed by atoms with Gasteiger partial charge in [-0.15, -0.1) is 0 Å². The number of nitrogens with two attached hydrogens (primary N) is 1. The van der Waals surface area contributed by atoms with Gasteiger partial charge in [0.1, 0.15) is 0 Å². The number of benzene rings is 1. The Morgan fingerprint density at radius 2 is 2.30 bits per heavy atom. The second-order valence-corrected chi connectivity index (χ2v) is 6.60. The topological polar surface area (TPSA) is 46.3 Å². The van der Waals surface area contributed by atoms with Gasteiger partial charge in [-0.1, -0.05) is 24.9 Å². The van der Waals surface area contributed by atoms with Gasteiger partial charge in [-0.25, -0.2) is 0 Å². The summed E-state index contributed by atoms with van der Waals surface area (Å²) in [5.41, 5.74) is 6.48. The highest BCUT2D eigenvalue weighted by atomic mass is 79.9. The fourth-order valence-corrected chi connectivity index (χ4v) is 3.40. The highest BCUT2D eigenvalue weighted by molar-refractivity contribution is 9.10. The minimum Gasteiger partial charge on any atom is -0.334 e. The van der Waals surface area contributed by atoms with E-state index in [1.165, 1.54) is 0 Å². The van der Waals surface area contributed by atoms with Crippen LogP contribution in [0.2, 0.25) is 5.02 Å². The summed E-state index contributed by atoms with van der Waals surface area (Å²) in [6.45, 7) is 3.49. The average Bonchev–Trinajstić information content (AvgIpc) is 2.48. The molecule has 1 aromatic rings. The number of likely N-dealkylation sites (tertiary alicyclic amines) is 1. The maximum absolute atomic E-state index is 12.7. The van der Waals surface area contributed by atoms with Gasteiger partial charge in [0.05, 0.1) is 5.56 Å². The molecule has 2 atom stereocenters. The predicted molar refractivity (Wildman–Crippen MR) is 86.0 cm³/mol. The van der Waals surface area contributed by atoms with Gasteiger partial charge in [0.2, 0.25) is 0 Å². The Morgan fingerprint density at radius 3 is 2.95 bits per heavy atom. The Morgan fingerprint density at radius 1 is 1.55 bits per heavy atom. The van der Waals surface area contributed by atoms with E-state index >= 15 is 0 Å². The quantitative estimate of drug-likeness (QED) is 0.894. The van der Waals surface area contributed by atoms with Crippen molar-refractivity contribution in [3.8, 4) is 0 Å². The molecule has 20 heavy (non-hydrogen) atoms. The second-order valence-electron chi connectivity index (χ2n) is 5.31. The summed E-state index contributed by atoms with van der Waals surface area (Å²) in [5, 5.41) is 0.573. The van der Waals surface area contributed by atoms with Crippen LogP contribution in [0.25, 0.3) is 0 Å². The SMILES string of the molecule is CCC1CCN(C(=O)c2cc(Cl)ccc2Br)C(CN)C1. The van der Waals surface area contributed by atoms with Crippen molar-refractivity contribution in [3.05, 3.63) is 33.3 Å². The number of hydrogen-bond acceptors (Lipinski definition) is 2. The van der Waals surface area contributed by atoms with Crippen molar-refractivity contribution in [3.63, 3.8) is 0 Å². The van der Waals surface area contributed by atoms with Crippen molar-refractivity contribution in [2.75, 3.05) is 13.1 Å². The standard InChI is InChI=1S/C15H20BrClN2O/c1-2-10-5-6-19(12(7-10)9-18)15(20)13-8-11(17)3-4-14(13)16/h3-4,8,10,12H,2,5-7,9,18H2,1H3. The third kappa shape index (κ3) is 3.35. The molecule has 2 unspecified atom stereocenters. The van der Waals surface area contributed by atoms with Crippen LogP contribution in [0.1, 0.15) is 36.5 Å². The maximum Gasteiger partial charge on any atom is 0.255 e. The smallest absolute Gasteiger partial charge is 0.255 e. The van der Waals surface area contributed by atoms with E-state index < -0.39 is 0 Å². The molecule has 0 aliphatic carbocycles. The van der Waals surface area contributed by atoms with Gasteiger partial charge in [-0.05, 0) is 52.9 Å². The molecule has 1 amide bonds. The Bertz CT molecular complexity index is 495. The van der Waals surface area contributed by atoms with Gasteiger partial charge in [-0.3, -0.25) is 4.79 Å². The highest BCUT2D eigenvalue weighted by Gasteiger charge is 2.31. The Balaban J connectivity index is 2.21. The molecule has 2 rings (SSSR count). The lowest BCUT2D eigenvalue weighted by molar-refractivity contribution is 0.0557. The van der Waals surface area contributed by atoms with Crippen LogP contribution in [0.15, 0.2) is 22.7 Å². The van der Waals surface area contributed by atoms with Crippen LogP contribution in [-0.2, 0) is 0 Å².